The summed E-state index contributed by atoms with van der Waals surface area (Å²) in [5.41, 5.74) is 2.52. The minimum absolute atomic E-state index is 0.0780. The van der Waals surface area contributed by atoms with E-state index in [1.165, 1.54) is 12.0 Å². The maximum atomic E-state index is 13.4. The Morgan fingerprint density at radius 2 is 1.78 bits per heavy atom. The van der Waals surface area contributed by atoms with Crippen LogP contribution in [0.15, 0.2) is 66.5 Å². The van der Waals surface area contributed by atoms with Crippen LogP contribution in [-0.4, -0.2) is 41.5 Å². The predicted molar refractivity (Wildman–Crippen MR) is 139 cm³/mol. The Bertz CT molecular complexity index is 1390. The van der Waals surface area contributed by atoms with Gasteiger partial charge in [0.05, 0.1) is 42.3 Å². The number of aromatic nitrogens is 1. The number of benzene rings is 2. The quantitative estimate of drug-likeness (QED) is 0.207. The number of methoxy groups -OCH3 is 1. The number of halogens is 1. The summed E-state index contributed by atoms with van der Waals surface area (Å²) >= 11 is 6.34. The molecule has 1 N–H and O–H groups in total. The Morgan fingerprint density at radius 1 is 1.11 bits per heavy atom. The van der Waals surface area contributed by atoms with Gasteiger partial charge in [-0.2, -0.15) is 0 Å². The molecule has 0 spiro atoms. The Kier molecular flexibility index (Phi) is 7.59. The minimum Gasteiger partial charge on any atom is -0.507 e. The molecule has 2 heterocycles. The average Bonchev–Trinajstić information content (AvgIpc) is 3.14. The molecule has 1 atom stereocenters. The van der Waals surface area contributed by atoms with Crippen LogP contribution in [-0.2, 0) is 25.5 Å². The molecule has 1 aliphatic heterocycles. The topological polar surface area (TPSA) is 106 Å². The number of anilines is 1. The van der Waals surface area contributed by atoms with E-state index in [2.05, 4.69) is 4.98 Å². The summed E-state index contributed by atoms with van der Waals surface area (Å²) in [6.45, 7) is 3.81. The molecule has 3 aromatic rings. The van der Waals surface area contributed by atoms with Crippen LogP contribution >= 0.6 is 11.6 Å². The van der Waals surface area contributed by atoms with E-state index in [0.29, 0.717) is 16.8 Å². The van der Waals surface area contributed by atoms with Crippen molar-refractivity contribution in [1.29, 1.82) is 0 Å². The number of hydrogen-bond donors (Lipinski definition) is 1. The number of rotatable bonds is 7. The molecule has 4 rings (SSSR count). The first-order valence-electron chi connectivity index (χ1n) is 11.6. The smallest absolute Gasteiger partial charge is 0.310 e. The fourth-order valence-electron chi connectivity index (χ4n) is 4.37. The zero-order chi connectivity index (χ0) is 26.7. The number of aliphatic hydroxyl groups is 1. The Morgan fingerprint density at radius 3 is 2.41 bits per heavy atom. The minimum atomic E-state index is -0.942. The lowest BCUT2D eigenvalue weighted by Gasteiger charge is -2.25. The molecular weight excluding hydrogens is 496 g/mol. The third-order valence-corrected chi connectivity index (χ3v) is 6.26. The monoisotopic (exact) mass is 520 g/mol. The summed E-state index contributed by atoms with van der Waals surface area (Å²) in [6.07, 6.45) is 3.17. The van der Waals surface area contributed by atoms with Crippen molar-refractivity contribution in [2.45, 2.75) is 26.3 Å². The van der Waals surface area contributed by atoms with Gasteiger partial charge in [0.1, 0.15) is 11.5 Å². The van der Waals surface area contributed by atoms with Crippen LogP contribution in [0.3, 0.4) is 0 Å². The predicted octanol–water partition coefficient (Wildman–Crippen LogP) is 4.78. The third kappa shape index (κ3) is 5.06. The highest BCUT2D eigenvalue weighted by molar-refractivity contribution is 6.51. The zero-order valence-corrected chi connectivity index (χ0v) is 21.3. The fourth-order valence-corrected chi connectivity index (χ4v) is 4.72. The van der Waals surface area contributed by atoms with Gasteiger partial charge in [-0.3, -0.25) is 24.3 Å². The molecule has 190 valence electrons. The normalized spacial score (nSPS) is 16.6. The number of carbonyl (C=O) groups is 3. The zero-order valence-electron chi connectivity index (χ0n) is 20.5. The van der Waals surface area contributed by atoms with Crippen LogP contribution in [0.25, 0.3) is 5.76 Å². The van der Waals surface area contributed by atoms with Gasteiger partial charge in [0.25, 0.3) is 11.7 Å². The second-order valence-electron chi connectivity index (χ2n) is 8.43. The van der Waals surface area contributed by atoms with Gasteiger partial charge >= 0.3 is 5.97 Å². The van der Waals surface area contributed by atoms with Gasteiger partial charge in [0.2, 0.25) is 0 Å². The molecule has 0 saturated carbocycles. The first-order chi connectivity index (χ1) is 17.8. The number of carbonyl (C=O) groups excluding carboxylic acids is 3. The highest BCUT2D eigenvalue weighted by atomic mass is 35.5. The van der Waals surface area contributed by atoms with Crippen LogP contribution in [0.5, 0.6) is 5.75 Å². The number of Topliss-reactive ketones (excluding diaryl/α,β-unsaturated/α-hetero) is 1. The fraction of sp³-hybridized carbons (Fsp3) is 0.214. The Labute approximate surface area is 219 Å². The lowest BCUT2D eigenvalue weighted by atomic mass is 9.95. The molecule has 1 aliphatic rings. The Hall–Kier alpha value is -4.17. The van der Waals surface area contributed by atoms with Gasteiger partial charge in [-0.15, -0.1) is 0 Å². The summed E-state index contributed by atoms with van der Waals surface area (Å²) in [7, 11) is 1.41. The van der Waals surface area contributed by atoms with Crippen LogP contribution in [0.4, 0.5) is 5.69 Å². The molecule has 9 heteroatoms. The van der Waals surface area contributed by atoms with Gasteiger partial charge in [-0.1, -0.05) is 23.7 Å². The molecule has 0 bridgehead atoms. The number of hydrogen-bond acceptors (Lipinski definition) is 7. The molecule has 1 amide bonds. The van der Waals surface area contributed by atoms with Crippen molar-refractivity contribution in [3.05, 3.63) is 93.8 Å². The largest absolute Gasteiger partial charge is 0.507 e. The van der Waals surface area contributed by atoms with Crippen molar-refractivity contribution in [2.75, 3.05) is 18.6 Å². The van der Waals surface area contributed by atoms with Gasteiger partial charge in [0, 0.05) is 18.1 Å². The van der Waals surface area contributed by atoms with Crippen LogP contribution in [0, 0.1) is 6.92 Å². The number of aryl methyl sites for hydroxylation is 1. The molecule has 1 saturated heterocycles. The van der Waals surface area contributed by atoms with Crippen LogP contribution in [0.2, 0.25) is 5.02 Å². The van der Waals surface area contributed by atoms with Gasteiger partial charge in [0.15, 0.2) is 0 Å². The van der Waals surface area contributed by atoms with E-state index in [-0.39, 0.29) is 40.9 Å². The van der Waals surface area contributed by atoms with E-state index in [9.17, 15) is 19.5 Å². The van der Waals surface area contributed by atoms with Crippen LogP contribution in [0.1, 0.15) is 35.2 Å². The molecule has 0 radical (unpaired) electrons. The van der Waals surface area contributed by atoms with Crippen molar-refractivity contribution in [3.63, 3.8) is 0 Å². The second-order valence-corrected chi connectivity index (χ2v) is 8.83. The van der Waals surface area contributed by atoms with Crippen molar-refractivity contribution in [2.24, 2.45) is 0 Å². The number of ether oxygens (including phenoxy) is 2. The number of amides is 1. The molecule has 1 fully saturated rings. The third-order valence-electron chi connectivity index (χ3n) is 5.98. The molecule has 8 nitrogen and oxygen atoms in total. The van der Waals surface area contributed by atoms with Crippen molar-refractivity contribution in [1.82, 2.24) is 4.98 Å². The maximum absolute atomic E-state index is 13.4. The SMILES string of the molecule is CCOC(=O)Cc1ccc(N2C(=O)C(=O)/C(=C(/O)c3cc(C)cc(Cl)c3OC)C2c2ccncc2)cc1. The van der Waals surface area contributed by atoms with E-state index in [4.69, 9.17) is 21.1 Å². The first kappa shape index (κ1) is 25.9. The van der Waals surface area contributed by atoms with Crippen LogP contribution < -0.4 is 9.64 Å². The summed E-state index contributed by atoms with van der Waals surface area (Å²) in [6, 6.07) is 12.4. The number of aliphatic hydroxyl groups excluding tert-OH is 1. The number of nitrogens with zero attached hydrogens (tertiary/aromatic N) is 2. The van der Waals surface area contributed by atoms with Gasteiger partial charge in [-0.25, -0.2) is 0 Å². The molecular formula is C28H25ClN2O6. The highest BCUT2D eigenvalue weighted by Gasteiger charge is 2.47. The lowest BCUT2D eigenvalue weighted by Crippen LogP contribution is -2.29. The average molecular weight is 521 g/mol. The molecule has 0 aliphatic carbocycles. The Balaban J connectivity index is 1.86. The highest BCUT2D eigenvalue weighted by Crippen LogP contribution is 2.44. The molecule has 1 unspecified atom stereocenters. The van der Waals surface area contributed by atoms with E-state index in [1.54, 1.807) is 74.8 Å². The van der Waals surface area contributed by atoms with Gasteiger partial charge in [-0.05, 0) is 66.9 Å². The van der Waals surface area contributed by atoms with Crippen molar-refractivity contribution < 1.29 is 29.0 Å². The lowest BCUT2D eigenvalue weighted by molar-refractivity contribution is -0.142. The van der Waals surface area contributed by atoms with Crippen molar-refractivity contribution >= 4 is 40.7 Å². The summed E-state index contributed by atoms with van der Waals surface area (Å²) in [5.74, 6) is -2.23. The van der Waals surface area contributed by atoms with E-state index in [1.807, 2.05) is 0 Å². The summed E-state index contributed by atoms with van der Waals surface area (Å²) in [4.78, 5) is 43.9. The maximum Gasteiger partial charge on any atom is 0.310 e. The molecule has 37 heavy (non-hydrogen) atoms. The van der Waals surface area contributed by atoms with E-state index >= 15 is 0 Å². The number of pyridine rings is 1. The summed E-state index contributed by atoms with van der Waals surface area (Å²) < 4.78 is 10.4. The number of esters is 1. The number of ketones is 1. The van der Waals surface area contributed by atoms with Crippen molar-refractivity contribution in [3.8, 4) is 5.75 Å². The molecule has 1 aromatic heterocycles. The van der Waals surface area contributed by atoms with Gasteiger partial charge < -0.3 is 14.6 Å². The molecule has 2 aromatic carbocycles. The second kappa shape index (κ2) is 10.8. The first-order valence-corrected chi connectivity index (χ1v) is 11.9. The summed E-state index contributed by atoms with van der Waals surface area (Å²) in [5, 5.41) is 11.7. The van der Waals surface area contributed by atoms with E-state index in [0.717, 1.165) is 5.56 Å². The van der Waals surface area contributed by atoms with E-state index < -0.39 is 23.5 Å². The standard InChI is InChI=1S/C28H25ClN2O6/c1-4-37-22(32)15-17-5-7-19(8-6-17)31-24(18-9-11-30-12-10-18)23(26(34)28(31)35)25(33)20-13-16(2)14-21(29)27(20)36-3/h5-14,24,33H,4,15H2,1-3H3/b25-23+.